The number of hydrogen-bond acceptors (Lipinski definition) is 4. The molecule has 0 bridgehead atoms. The van der Waals surface area contributed by atoms with Crippen LogP contribution in [-0.4, -0.2) is 31.2 Å². The zero-order chi connectivity index (χ0) is 14.3. The molecule has 1 amide bonds. The van der Waals surface area contributed by atoms with E-state index in [1.807, 2.05) is 32.9 Å². The average molecular weight is 303 g/mol. The van der Waals surface area contributed by atoms with Gasteiger partial charge in [0.25, 0.3) is 5.91 Å². The second kappa shape index (κ2) is 8.66. The van der Waals surface area contributed by atoms with Gasteiger partial charge in [0.05, 0.1) is 6.61 Å². The maximum Gasteiger partial charge on any atom is 0.258 e. The maximum atomic E-state index is 11.7. The van der Waals surface area contributed by atoms with Crippen LogP contribution in [0.25, 0.3) is 0 Å². The van der Waals surface area contributed by atoms with E-state index < -0.39 is 5.54 Å². The summed E-state index contributed by atoms with van der Waals surface area (Å²) >= 11 is 0. The predicted molar refractivity (Wildman–Crippen MR) is 81.6 cm³/mol. The average Bonchev–Trinajstić information content (AvgIpc) is 2.38. The first kappa shape index (κ1) is 18.5. The Morgan fingerprint density at radius 2 is 1.80 bits per heavy atom. The van der Waals surface area contributed by atoms with Crippen LogP contribution in [0.1, 0.15) is 20.8 Å². The van der Waals surface area contributed by atoms with Gasteiger partial charge >= 0.3 is 0 Å². The highest BCUT2D eigenvalue weighted by atomic mass is 35.5. The number of nitrogens with two attached hydrogens (primary N) is 1. The zero-order valence-corrected chi connectivity index (χ0v) is 13.0. The monoisotopic (exact) mass is 302 g/mol. The molecule has 0 spiro atoms. The van der Waals surface area contributed by atoms with Crippen LogP contribution in [0.15, 0.2) is 24.3 Å². The Morgan fingerprint density at radius 3 is 2.30 bits per heavy atom. The lowest BCUT2D eigenvalue weighted by molar-refractivity contribution is -0.124. The van der Waals surface area contributed by atoms with Crippen LogP contribution < -0.4 is 20.5 Å². The van der Waals surface area contributed by atoms with E-state index in [1.54, 1.807) is 12.1 Å². The smallest absolute Gasteiger partial charge is 0.258 e. The van der Waals surface area contributed by atoms with Crippen molar-refractivity contribution in [1.82, 2.24) is 5.32 Å². The minimum absolute atomic E-state index is 0. The number of halogens is 1. The summed E-state index contributed by atoms with van der Waals surface area (Å²) in [6.45, 7) is 6.47. The summed E-state index contributed by atoms with van der Waals surface area (Å²) in [4.78, 5) is 11.7. The SMILES string of the molecule is CCOc1ccccc1OCC(=O)NC(C)(C)CN.Cl. The van der Waals surface area contributed by atoms with E-state index in [4.69, 9.17) is 15.2 Å². The lowest BCUT2D eigenvalue weighted by Crippen LogP contribution is -2.50. The van der Waals surface area contributed by atoms with E-state index in [1.165, 1.54) is 0 Å². The zero-order valence-electron chi connectivity index (χ0n) is 12.1. The highest BCUT2D eigenvalue weighted by molar-refractivity contribution is 5.85. The molecule has 1 rings (SSSR count). The number of nitrogens with one attached hydrogen (secondary N) is 1. The standard InChI is InChI=1S/C14H22N2O3.ClH/c1-4-18-11-7-5-6-8-12(11)19-9-13(17)16-14(2,3)10-15;/h5-8H,4,9-10,15H2,1-3H3,(H,16,17);1H. The molecule has 6 heteroatoms. The molecule has 0 fully saturated rings. The van der Waals surface area contributed by atoms with Crippen molar-refractivity contribution in [2.24, 2.45) is 5.73 Å². The number of carbonyl (C=O) groups is 1. The molecular weight excluding hydrogens is 280 g/mol. The Labute approximate surface area is 126 Å². The Kier molecular flexibility index (Phi) is 8.03. The third-order valence-electron chi connectivity index (χ3n) is 2.50. The molecule has 0 aliphatic heterocycles. The van der Waals surface area contributed by atoms with Crippen molar-refractivity contribution in [3.8, 4) is 11.5 Å². The minimum atomic E-state index is -0.431. The van der Waals surface area contributed by atoms with Gasteiger partial charge in [-0.3, -0.25) is 4.79 Å². The molecule has 0 heterocycles. The molecule has 20 heavy (non-hydrogen) atoms. The Balaban J connectivity index is 0.00000361. The first-order valence-corrected chi connectivity index (χ1v) is 6.34. The van der Waals surface area contributed by atoms with Crippen LogP contribution in [0.3, 0.4) is 0 Å². The van der Waals surface area contributed by atoms with Gasteiger partial charge in [0.2, 0.25) is 0 Å². The second-order valence-corrected chi connectivity index (χ2v) is 4.80. The first-order valence-electron chi connectivity index (χ1n) is 6.34. The van der Waals surface area contributed by atoms with Crippen LogP contribution in [-0.2, 0) is 4.79 Å². The molecule has 0 aliphatic carbocycles. The molecule has 0 saturated carbocycles. The van der Waals surface area contributed by atoms with Gasteiger partial charge in [-0.1, -0.05) is 12.1 Å². The van der Waals surface area contributed by atoms with Crippen LogP contribution in [0, 0.1) is 0 Å². The minimum Gasteiger partial charge on any atom is -0.490 e. The lowest BCUT2D eigenvalue weighted by atomic mass is 10.1. The number of ether oxygens (including phenoxy) is 2. The van der Waals surface area contributed by atoms with Crippen molar-refractivity contribution in [3.05, 3.63) is 24.3 Å². The molecule has 1 aromatic rings. The summed E-state index contributed by atoms with van der Waals surface area (Å²) in [5.74, 6) is 0.989. The van der Waals surface area contributed by atoms with Gasteiger partial charge in [0.1, 0.15) is 0 Å². The highest BCUT2D eigenvalue weighted by Crippen LogP contribution is 2.26. The molecule has 0 aromatic heterocycles. The summed E-state index contributed by atoms with van der Waals surface area (Å²) in [7, 11) is 0. The molecule has 1 aromatic carbocycles. The number of benzene rings is 1. The summed E-state index contributed by atoms with van der Waals surface area (Å²) in [5, 5.41) is 2.80. The van der Waals surface area contributed by atoms with E-state index in [2.05, 4.69) is 5.32 Å². The molecule has 0 radical (unpaired) electrons. The number of para-hydroxylation sites is 2. The normalized spacial score (nSPS) is 10.4. The molecule has 5 nitrogen and oxygen atoms in total. The number of rotatable bonds is 7. The van der Waals surface area contributed by atoms with Crippen LogP contribution in [0.5, 0.6) is 11.5 Å². The topological polar surface area (TPSA) is 73.6 Å². The van der Waals surface area contributed by atoms with Gasteiger partial charge in [0, 0.05) is 12.1 Å². The van der Waals surface area contributed by atoms with Crippen molar-refractivity contribution in [3.63, 3.8) is 0 Å². The highest BCUT2D eigenvalue weighted by Gasteiger charge is 2.18. The van der Waals surface area contributed by atoms with Gasteiger partial charge < -0.3 is 20.5 Å². The van der Waals surface area contributed by atoms with Crippen LogP contribution in [0.4, 0.5) is 0 Å². The first-order chi connectivity index (χ1) is 8.98. The largest absolute Gasteiger partial charge is 0.490 e. The molecule has 0 aliphatic rings. The number of amides is 1. The fourth-order valence-electron chi connectivity index (χ4n) is 1.45. The van der Waals surface area contributed by atoms with Crippen molar-refractivity contribution in [2.75, 3.05) is 19.8 Å². The lowest BCUT2D eigenvalue weighted by Gasteiger charge is -2.24. The molecule has 0 saturated heterocycles. The number of hydrogen-bond donors (Lipinski definition) is 2. The maximum absolute atomic E-state index is 11.7. The summed E-state index contributed by atoms with van der Waals surface area (Å²) in [5.41, 5.74) is 5.12. The van der Waals surface area contributed by atoms with Crippen molar-refractivity contribution >= 4 is 18.3 Å². The quantitative estimate of drug-likeness (QED) is 0.804. The third kappa shape index (κ3) is 6.12. The Morgan fingerprint density at radius 1 is 1.25 bits per heavy atom. The summed E-state index contributed by atoms with van der Waals surface area (Å²) < 4.78 is 10.9. The van der Waals surface area contributed by atoms with Gasteiger partial charge in [-0.25, -0.2) is 0 Å². The fraction of sp³-hybridized carbons (Fsp3) is 0.500. The molecular formula is C14H23ClN2O3. The van der Waals surface area contributed by atoms with Crippen LogP contribution >= 0.6 is 12.4 Å². The van der Waals surface area contributed by atoms with Gasteiger partial charge in [0.15, 0.2) is 18.1 Å². The van der Waals surface area contributed by atoms with E-state index >= 15 is 0 Å². The van der Waals surface area contributed by atoms with Crippen molar-refractivity contribution < 1.29 is 14.3 Å². The fourth-order valence-corrected chi connectivity index (χ4v) is 1.45. The van der Waals surface area contributed by atoms with Crippen molar-refractivity contribution in [1.29, 1.82) is 0 Å². The summed E-state index contributed by atoms with van der Waals surface area (Å²) in [6.07, 6.45) is 0. The van der Waals surface area contributed by atoms with Crippen molar-refractivity contribution in [2.45, 2.75) is 26.3 Å². The van der Waals surface area contributed by atoms with E-state index in [0.29, 0.717) is 24.7 Å². The van der Waals surface area contributed by atoms with Gasteiger partial charge in [-0.05, 0) is 32.9 Å². The molecule has 3 N–H and O–H groups in total. The molecule has 114 valence electrons. The predicted octanol–water partition coefficient (Wildman–Crippen LogP) is 1.74. The Bertz CT molecular complexity index is 425. The van der Waals surface area contributed by atoms with E-state index in [-0.39, 0.29) is 24.9 Å². The van der Waals surface area contributed by atoms with Crippen LogP contribution in [0.2, 0.25) is 0 Å². The van der Waals surface area contributed by atoms with E-state index in [0.717, 1.165) is 0 Å². The third-order valence-corrected chi connectivity index (χ3v) is 2.50. The molecule has 0 unspecified atom stereocenters. The second-order valence-electron chi connectivity index (χ2n) is 4.80. The van der Waals surface area contributed by atoms with Gasteiger partial charge in [-0.2, -0.15) is 0 Å². The Hall–Kier alpha value is -1.46. The van der Waals surface area contributed by atoms with E-state index in [9.17, 15) is 4.79 Å². The number of carbonyl (C=O) groups excluding carboxylic acids is 1. The molecule has 0 atom stereocenters. The van der Waals surface area contributed by atoms with Gasteiger partial charge in [-0.15, -0.1) is 12.4 Å². The summed E-state index contributed by atoms with van der Waals surface area (Å²) in [6, 6.07) is 7.27.